The molecule has 0 atom stereocenters. The predicted octanol–water partition coefficient (Wildman–Crippen LogP) is 4.00. The van der Waals surface area contributed by atoms with E-state index in [2.05, 4.69) is 23.4 Å². The van der Waals surface area contributed by atoms with E-state index in [1.165, 1.54) is 0 Å². The lowest BCUT2D eigenvalue weighted by atomic mass is 10.2. The van der Waals surface area contributed by atoms with Crippen LogP contribution in [-0.2, 0) is 6.54 Å². The number of rotatable bonds is 2. The minimum Gasteiger partial charge on any atom is -0.330 e. The lowest BCUT2D eigenvalue weighted by molar-refractivity contribution is 0.533. The van der Waals surface area contributed by atoms with Crippen LogP contribution >= 0.6 is 23.2 Å². The van der Waals surface area contributed by atoms with Crippen molar-refractivity contribution in [2.75, 3.05) is 0 Å². The third-order valence-corrected chi connectivity index (χ3v) is 2.95. The summed E-state index contributed by atoms with van der Waals surface area (Å²) in [6.45, 7) is 5.28. The average Bonchev–Trinajstić information content (AvgIpc) is 2.49. The highest BCUT2D eigenvalue weighted by atomic mass is 35.5. The molecule has 0 aliphatic heterocycles. The molecule has 0 aliphatic carbocycles. The van der Waals surface area contributed by atoms with Gasteiger partial charge in [0.2, 0.25) is 0 Å². The van der Waals surface area contributed by atoms with Crippen LogP contribution in [-0.4, -0.2) is 9.55 Å². The van der Waals surface area contributed by atoms with Gasteiger partial charge in [0, 0.05) is 6.54 Å². The van der Waals surface area contributed by atoms with Crippen LogP contribution in [0.4, 0.5) is 0 Å². The van der Waals surface area contributed by atoms with E-state index in [1.807, 2.05) is 12.4 Å². The SMILES string of the molecule is CC(C)Cn1cnc2cc(Cl)c(Cl)cc21. The summed E-state index contributed by atoms with van der Waals surface area (Å²) in [7, 11) is 0. The molecule has 0 amide bonds. The van der Waals surface area contributed by atoms with Crippen LogP contribution in [0.2, 0.25) is 10.0 Å². The smallest absolute Gasteiger partial charge is 0.0958 e. The molecule has 2 aromatic rings. The molecule has 0 saturated carbocycles. The van der Waals surface area contributed by atoms with Crippen LogP contribution < -0.4 is 0 Å². The second-order valence-corrected chi connectivity index (χ2v) is 4.86. The molecule has 0 radical (unpaired) electrons. The van der Waals surface area contributed by atoms with Crippen molar-refractivity contribution in [3.63, 3.8) is 0 Å². The van der Waals surface area contributed by atoms with Crippen LogP contribution in [0.3, 0.4) is 0 Å². The molecule has 1 aromatic carbocycles. The highest BCUT2D eigenvalue weighted by Gasteiger charge is 2.07. The molecule has 80 valence electrons. The van der Waals surface area contributed by atoms with Gasteiger partial charge in [0.25, 0.3) is 0 Å². The lowest BCUT2D eigenvalue weighted by Crippen LogP contribution is -2.02. The minimum absolute atomic E-state index is 0.555. The summed E-state index contributed by atoms with van der Waals surface area (Å²) in [6.07, 6.45) is 1.83. The molecule has 0 aliphatic rings. The molecule has 0 fully saturated rings. The topological polar surface area (TPSA) is 17.8 Å². The number of nitrogens with zero attached hydrogens (tertiary/aromatic N) is 2. The summed E-state index contributed by atoms with van der Waals surface area (Å²) in [6, 6.07) is 3.67. The second kappa shape index (κ2) is 4.03. The average molecular weight is 243 g/mol. The first kappa shape index (κ1) is 10.8. The van der Waals surface area contributed by atoms with Crippen molar-refractivity contribution in [1.82, 2.24) is 9.55 Å². The summed E-state index contributed by atoms with van der Waals surface area (Å²) >= 11 is 11.9. The van der Waals surface area contributed by atoms with Crippen LogP contribution in [0.5, 0.6) is 0 Å². The Bertz CT molecular complexity index is 489. The van der Waals surface area contributed by atoms with Gasteiger partial charge < -0.3 is 4.57 Å². The van der Waals surface area contributed by atoms with E-state index in [0.717, 1.165) is 17.6 Å². The van der Waals surface area contributed by atoms with Crippen LogP contribution in [0.15, 0.2) is 18.5 Å². The predicted molar refractivity (Wildman–Crippen MR) is 64.6 cm³/mol. The van der Waals surface area contributed by atoms with Crippen LogP contribution in [0.1, 0.15) is 13.8 Å². The quantitative estimate of drug-likeness (QED) is 0.779. The maximum Gasteiger partial charge on any atom is 0.0958 e. The summed E-state index contributed by atoms with van der Waals surface area (Å²) < 4.78 is 2.10. The lowest BCUT2D eigenvalue weighted by Gasteiger charge is -2.07. The Morgan fingerprint density at radius 3 is 2.60 bits per heavy atom. The molecule has 2 rings (SSSR count). The molecule has 0 bridgehead atoms. The fourth-order valence-corrected chi connectivity index (χ4v) is 1.91. The highest BCUT2D eigenvalue weighted by molar-refractivity contribution is 6.42. The second-order valence-electron chi connectivity index (χ2n) is 4.05. The van der Waals surface area contributed by atoms with Crippen molar-refractivity contribution in [1.29, 1.82) is 0 Å². The molecule has 0 spiro atoms. The van der Waals surface area contributed by atoms with Crippen molar-refractivity contribution in [2.45, 2.75) is 20.4 Å². The zero-order chi connectivity index (χ0) is 11.0. The zero-order valence-corrected chi connectivity index (χ0v) is 10.2. The van der Waals surface area contributed by atoms with Gasteiger partial charge in [0.1, 0.15) is 0 Å². The zero-order valence-electron chi connectivity index (χ0n) is 8.67. The summed E-state index contributed by atoms with van der Waals surface area (Å²) in [5, 5.41) is 1.13. The van der Waals surface area contributed by atoms with Crippen molar-refractivity contribution in [3.05, 3.63) is 28.5 Å². The van der Waals surface area contributed by atoms with Gasteiger partial charge in [-0.1, -0.05) is 37.0 Å². The Morgan fingerprint density at radius 1 is 1.27 bits per heavy atom. The Morgan fingerprint density at radius 2 is 1.93 bits per heavy atom. The van der Waals surface area contributed by atoms with E-state index >= 15 is 0 Å². The fourth-order valence-electron chi connectivity index (χ4n) is 1.59. The molecule has 4 heteroatoms. The molecular weight excluding hydrogens is 231 g/mol. The molecule has 0 saturated heterocycles. The van der Waals surface area contributed by atoms with Gasteiger partial charge in [-0.25, -0.2) is 4.98 Å². The maximum absolute atomic E-state index is 5.98. The van der Waals surface area contributed by atoms with Crippen molar-refractivity contribution >= 4 is 34.2 Å². The molecule has 2 nitrogen and oxygen atoms in total. The van der Waals surface area contributed by atoms with Crippen molar-refractivity contribution in [2.24, 2.45) is 5.92 Å². The highest BCUT2D eigenvalue weighted by Crippen LogP contribution is 2.27. The molecule has 0 unspecified atom stereocenters. The van der Waals surface area contributed by atoms with Crippen molar-refractivity contribution < 1.29 is 0 Å². The van der Waals surface area contributed by atoms with Gasteiger partial charge in [-0.3, -0.25) is 0 Å². The van der Waals surface area contributed by atoms with E-state index < -0.39 is 0 Å². The number of halogens is 2. The first-order chi connectivity index (χ1) is 7.08. The third-order valence-electron chi connectivity index (χ3n) is 2.22. The summed E-state index contributed by atoms with van der Waals surface area (Å²) in [4.78, 5) is 4.29. The largest absolute Gasteiger partial charge is 0.330 e. The molecule has 0 N–H and O–H groups in total. The van der Waals surface area contributed by atoms with E-state index in [9.17, 15) is 0 Å². The maximum atomic E-state index is 5.98. The molecular formula is C11H12Cl2N2. The first-order valence-corrected chi connectivity index (χ1v) is 5.63. The third kappa shape index (κ3) is 2.11. The van der Waals surface area contributed by atoms with Gasteiger partial charge in [-0.2, -0.15) is 0 Å². The number of fused-ring (bicyclic) bond motifs is 1. The number of hydrogen-bond donors (Lipinski definition) is 0. The Balaban J connectivity index is 2.54. The Labute approximate surface area is 98.8 Å². The summed E-state index contributed by atoms with van der Waals surface area (Å²) in [5.41, 5.74) is 1.93. The minimum atomic E-state index is 0.555. The Kier molecular flexibility index (Phi) is 2.89. The summed E-state index contributed by atoms with van der Waals surface area (Å²) in [5.74, 6) is 0.580. The van der Waals surface area contributed by atoms with E-state index in [1.54, 1.807) is 6.07 Å². The number of benzene rings is 1. The first-order valence-electron chi connectivity index (χ1n) is 4.88. The normalized spacial score (nSPS) is 11.5. The van der Waals surface area contributed by atoms with Crippen LogP contribution in [0, 0.1) is 5.92 Å². The van der Waals surface area contributed by atoms with E-state index in [0.29, 0.717) is 16.0 Å². The van der Waals surface area contributed by atoms with Gasteiger partial charge in [-0.05, 0) is 18.1 Å². The number of imidazole rings is 1. The van der Waals surface area contributed by atoms with Crippen molar-refractivity contribution in [3.8, 4) is 0 Å². The monoisotopic (exact) mass is 242 g/mol. The molecule has 1 heterocycles. The molecule has 15 heavy (non-hydrogen) atoms. The van der Waals surface area contributed by atoms with Gasteiger partial charge >= 0.3 is 0 Å². The fraction of sp³-hybridized carbons (Fsp3) is 0.364. The van der Waals surface area contributed by atoms with Gasteiger partial charge in [0.15, 0.2) is 0 Å². The van der Waals surface area contributed by atoms with E-state index in [4.69, 9.17) is 23.2 Å². The van der Waals surface area contributed by atoms with Gasteiger partial charge in [-0.15, -0.1) is 0 Å². The van der Waals surface area contributed by atoms with Gasteiger partial charge in [0.05, 0.1) is 27.4 Å². The standard InChI is InChI=1S/C11H12Cl2N2/c1-7(2)5-15-6-14-10-3-8(12)9(13)4-11(10)15/h3-4,6-7H,5H2,1-2H3. The Hall–Kier alpha value is -0.730. The van der Waals surface area contributed by atoms with E-state index in [-0.39, 0.29) is 0 Å². The number of hydrogen-bond acceptors (Lipinski definition) is 1. The molecule has 1 aromatic heterocycles. The van der Waals surface area contributed by atoms with Crippen LogP contribution in [0.25, 0.3) is 11.0 Å². The number of aromatic nitrogens is 2.